The van der Waals surface area contributed by atoms with Gasteiger partial charge in [0, 0.05) is 35.9 Å². The van der Waals surface area contributed by atoms with E-state index in [9.17, 15) is 10.1 Å². The molecule has 160 valence electrons. The van der Waals surface area contributed by atoms with E-state index in [1.807, 2.05) is 19.1 Å². The highest BCUT2D eigenvalue weighted by atomic mass is 79.9. The molecule has 3 aromatic rings. The molecule has 3 rings (SSSR count). The van der Waals surface area contributed by atoms with E-state index in [2.05, 4.69) is 48.0 Å². The molecule has 0 aliphatic heterocycles. The third-order valence-corrected chi connectivity index (χ3v) is 5.94. The lowest BCUT2D eigenvalue weighted by Gasteiger charge is -2.22. The fraction of sp³-hybridized carbons (Fsp3) is 0.238. The van der Waals surface area contributed by atoms with Gasteiger partial charge in [-0.05, 0) is 50.9 Å². The Morgan fingerprint density at radius 2 is 2.10 bits per heavy atom. The van der Waals surface area contributed by atoms with Gasteiger partial charge in [0.1, 0.15) is 12.2 Å². The molecule has 0 saturated carbocycles. The molecule has 8 nitrogen and oxygen atoms in total. The number of ether oxygens (including phenoxy) is 1. The number of aryl methyl sites for hydroxylation is 1. The van der Waals surface area contributed by atoms with Crippen LogP contribution < -0.4 is 10.5 Å². The van der Waals surface area contributed by atoms with Gasteiger partial charge >= 0.3 is 0 Å². The zero-order chi connectivity index (χ0) is 22.7. The Kier molecular flexibility index (Phi) is 6.97. The van der Waals surface area contributed by atoms with Gasteiger partial charge in [0.15, 0.2) is 17.3 Å². The minimum atomic E-state index is -0.446. The summed E-state index contributed by atoms with van der Waals surface area (Å²) in [4.78, 5) is 18.9. The summed E-state index contributed by atoms with van der Waals surface area (Å²) in [5.74, 6) is 0.505. The van der Waals surface area contributed by atoms with Crippen molar-refractivity contribution < 1.29 is 9.53 Å². The standard InChI is InChI=1S/C21H20Br2N6O2/c1-12(31-18-8-13(22)10-26-20(18)25)14-6-4-5-7-15(14)21(30)28(2)11-16-19(23)17(9-24)29(3)27-16/h4-8,10,12H,11H2,1-3H3,(H2,25,26)/t12-/m1/s1. The number of nitriles is 1. The molecule has 0 aliphatic rings. The van der Waals surface area contributed by atoms with E-state index in [-0.39, 0.29) is 18.3 Å². The number of aromatic nitrogens is 3. The molecule has 31 heavy (non-hydrogen) atoms. The second kappa shape index (κ2) is 9.49. The number of halogens is 2. The van der Waals surface area contributed by atoms with Crippen LogP contribution in [0, 0.1) is 11.3 Å². The van der Waals surface area contributed by atoms with Crippen molar-refractivity contribution in [2.75, 3.05) is 12.8 Å². The number of nitrogens with two attached hydrogens (primary N) is 1. The van der Waals surface area contributed by atoms with Crippen LogP contribution in [0.5, 0.6) is 5.75 Å². The molecular weight excluding hydrogens is 528 g/mol. The Hall–Kier alpha value is -2.90. The maximum atomic E-state index is 13.2. The normalized spacial score (nSPS) is 11.6. The fourth-order valence-corrected chi connectivity index (χ4v) is 3.96. The number of nitrogens with zero attached hydrogens (tertiary/aromatic N) is 5. The molecule has 0 saturated heterocycles. The number of benzene rings is 1. The predicted octanol–water partition coefficient (Wildman–Crippen LogP) is 4.21. The summed E-state index contributed by atoms with van der Waals surface area (Å²) in [5, 5.41) is 13.6. The van der Waals surface area contributed by atoms with Crippen molar-refractivity contribution in [3.63, 3.8) is 0 Å². The second-order valence-corrected chi connectivity index (χ2v) is 8.60. The Labute approximate surface area is 196 Å². The lowest BCUT2D eigenvalue weighted by atomic mass is 10.0. The third kappa shape index (κ3) is 4.89. The van der Waals surface area contributed by atoms with E-state index in [1.165, 1.54) is 4.68 Å². The number of pyridine rings is 1. The van der Waals surface area contributed by atoms with Crippen molar-refractivity contribution in [2.45, 2.75) is 19.6 Å². The first kappa shape index (κ1) is 22.8. The second-order valence-electron chi connectivity index (χ2n) is 6.89. The van der Waals surface area contributed by atoms with Crippen molar-refractivity contribution >= 4 is 43.6 Å². The van der Waals surface area contributed by atoms with Crippen molar-refractivity contribution in [3.8, 4) is 11.8 Å². The number of hydrogen-bond donors (Lipinski definition) is 1. The Bertz CT molecular complexity index is 1170. The predicted molar refractivity (Wildman–Crippen MR) is 123 cm³/mol. The molecule has 0 spiro atoms. The van der Waals surface area contributed by atoms with Crippen LogP contribution in [0.3, 0.4) is 0 Å². The van der Waals surface area contributed by atoms with E-state index in [4.69, 9.17) is 10.5 Å². The number of carbonyl (C=O) groups is 1. The minimum Gasteiger partial charge on any atom is -0.482 e. The zero-order valence-electron chi connectivity index (χ0n) is 17.1. The fourth-order valence-electron chi connectivity index (χ4n) is 3.10. The van der Waals surface area contributed by atoms with Gasteiger partial charge in [0.05, 0.1) is 16.7 Å². The van der Waals surface area contributed by atoms with Gasteiger partial charge in [-0.2, -0.15) is 10.4 Å². The molecule has 0 bridgehead atoms. The van der Waals surface area contributed by atoms with Gasteiger partial charge in [-0.3, -0.25) is 9.48 Å². The zero-order valence-corrected chi connectivity index (χ0v) is 20.3. The molecule has 1 atom stereocenters. The van der Waals surface area contributed by atoms with Gasteiger partial charge in [-0.15, -0.1) is 0 Å². The first-order valence-electron chi connectivity index (χ1n) is 9.26. The van der Waals surface area contributed by atoms with Crippen LogP contribution in [0.4, 0.5) is 5.82 Å². The number of nitrogen functional groups attached to an aromatic ring is 1. The van der Waals surface area contributed by atoms with Crippen LogP contribution in [-0.2, 0) is 13.6 Å². The number of rotatable bonds is 6. The summed E-state index contributed by atoms with van der Waals surface area (Å²) in [6.07, 6.45) is 1.14. The number of anilines is 1. The highest BCUT2D eigenvalue weighted by Gasteiger charge is 2.23. The van der Waals surface area contributed by atoms with Crippen molar-refractivity contribution in [1.82, 2.24) is 19.7 Å². The van der Waals surface area contributed by atoms with E-state index in [1.54, 1.807) is 43.4 Å². The average Bonchev–Trinajstić information content (AvgIpc) is 3.02. The van der Waals surface area contributed by atoms with Crippen molar-refractivity contribution in [2.24, 2.45) is 7.05 Å². The molecule has 1 amide bonds. The first-order chi connectivity index (χ1) is 14.7. The van der Waals surface area contributed by atoms with Crippen LogP contribution in [0.1, 0.15) is 40.3 Å². The summed E-state index contributed by atoms with van der Waals surface area (Å²) in [6, 6.07) is 11.1. The minimum absolute atomic E-state index is 0.192. The van der Waals surface area contributed by atoms with E-state index in [0.29, 0.717) is 27.2 Å². The van der Waals surface area contributed by atoms with Crippen molar-refractivity contribution in [1.29, 1.82) is 5.26 Å². The lowest BCUT2D eigenvalue weighted by Crippen LogP contribution is -2.28. The molecule has 2 N–H and O–H groups in total. The van der Waals surface area contributed by atoms with E-state index in [0.717, 1.165) is 10.0 Å². The maximum Gasteiger partial charge on any atom is 0.254 e. The smallest absolute Gasteiger partial charge is 0.254 e. The molecular formula is C21H20Br2N6O2. The van der Waals surface area contributed by atoms with Crippen LogP contribution in [0.15, 0.2) is 45.5 Å². The number of hydrogen-bond acceptors (Lipinski definition) is 6. The quantitative estimate of drug-likeness (QED) is 0.495. The molecule has 10 heteroatoms. The summed E-state index contributed by atoms with van der Waals surface area (Å²) >= 11 is 6.76. The van der Waals surface area contributed by atoms with Crippen LogP contribution in [-0.4, -0.2) is 32.6 Å². The Morgan fingerprint density at radius 1 is 1.39 bits per heavy atom. The van der Waals surface area contributed by atoms with Gasteiger partial charge in [0.2, 0.25) is 0 Å². The lowest BCUT2D eigenvalue weighted by molar-refractivity contribution is 0.0778. The SMILES string of the molecule is C[C@@H](Oc1cc(Br)cnc1N)c1ccccc1C(=O)N(C)Cc1nn(C)c(C#N)c1Br. The van der Waals surface area contributed by atoms with Crippen LogP contribution in [0.2, 0.25) is 0 Å². The monoisotopic (exact) mass is 546 g/mol. The Morgan fingerprint density at radius 3 is 2.77 bits per heavy atom. The molecule has 2 heterocycles. The first-order valence-corrected chi connectivity index (χ1v) is 10.8. The van der Waals surface area contributed by atoms with Gasteiger partial charge in [-0.1, -0.05) is 18.2 Å². The van der Waals surface area contributed by atoms with Crippen LogP contribution in [0.25, 0.3) is 0 Å². The summed E-state index contributed by atoms with van der Waals surface area (Å²) in [6.45, 7) is 2.09. The third-order valence-electron chi connectivity index (χ3n) is 4.68. The van der Waals surface area contributed by atoms with Gasteiger partial charge in [-0.25, -0.2) is 4.98 Å². The molecule has 2 aromatic heterocycles. The number of carbonyl (C=O) groups excluding carboxylic acids is 1. The van der Waals surface area contributed by atoms with Gasteiger partial charge < -0.3 is 15.4 Å². The molecule has 1 aromatic carbocycles. The highest BCUT2D eigenvalue weighted by Crippen LogP contribution is 2.30. The van der Waals surface area contributed by atoms with E-state index >= 15 is 0 Å². The topological polar surface area (TPSA) is 110 Å². The van der Waals surface area contributed by atoms with Crippen LogP contribution >= 0.6 is 31.9 Å². The summed E-state index contributed by atoms with van der Waals surface area (Å²) in [5.41, 5.74) is 8.15. The van der Waals surface area contributed by atoms with Gasteiger partial charge in [0.25, 0.3) is 5.91 Å². The Balaban J connectivity index is 1.84. The summed E-state index contributed by atoms with van der Waals surface area (Å²) < 4.78 is 8.81. The molecule has 0 aliphatic carbocycles. The largest absolute Gasteiger partial charge is 0.482 e. The number of amides is 1. The van der Waals surface area contributed by atoms with Crippen molar-refractivity contribution in [3.05, 3.63) is 68.0 Å². The highest BCUT2D eigenvalue weighted by molar-refractivity contribution is 9.10. The summed E-state index contributed by atoms with van der Waals surface area (Å²) in [7, 11) is 3.37. The van der Waals surface area contributed by atoms with E-state index < -0.39 is 6.10 Å². The molecule has 0 unspecified atom stereocenters. The maximum absolute atomic E-state index is 13.2. The molecule has 0 radical (unpaired) electrons. The molecule has 0 fully saturated rings. The average molecular weight is 548 g/mol.